The smallest absolute Gasteiger partial charge is 0.238 e. The lowest BCUT2D eigenvalue weighted by molar-refractivity contribution is 0.249. The van der Waals surface area contributed by atoms with Crippen LogP contribution in [0.5, 0.6) is 0 Å². The lowest BCUT2D eigenvalue weighted by atomic mass is 10.0. The molecule has 0 fully saturated rings. The van der Waals surface area contributed by atoms with E-state index < -0.39 is 10.0 Å². The Morgan fingerprint density at radius 1 is 1.37 bits per heavy atom. The van der Waals surface area contributed by atoms with Crippen LogP contribution in [0.2, 0.25) is 0 Å². The van der Waals surface area contributed by atoms with E-state index in [4.69, 9.17) is 10.9 Å². The molecule has 0 aliphatic rings. The maximum absolute atomic E-state index is 11.5. The largest absolute Gasteiger partial charge is 0.399 e. The van der Waals surface area contributed by atoms with Crippen LogP contribution in [0.25, 0.3) is 0 Å². The summed E-state index contributed by atoms with van der Waals surface area (Å²) in [5, 5.41) is 17.6. The summed E-state index contributed by atoms with van der Waals surface area (Å²) in [5.74, 6) is 0.184. The first-order valence-corrected chi connectivity index (χ1v) is 7.51. The molecule has 1 atom stereocenters. The summed E-state index contributed by atoms with van der Waals surface area (Å²) >= 11 is 0. The molecule has 1 rings (SSSR count). The molecule has 0 amide bonds. The molecule has 1 aromatic rings. The first kappa shape index (κ1) is 15.7. The molecule has 6 nitrogen and oxygen atoms in total. The molecule has 0 saturated carbocycles. The van der Waals surface area contributed by atoms with Gasteiger partial charge in [0.25, 0.3) is 0 Å². The fourth-order valence-electron chi connectivity index (χ4n) is 1.78. The van der Waals surface area contributed by atoms with Crippen molar-refractivity contribution in [3.63, 3.8) is 0 Å². The number of aliphatic hydroxyl groups is 1. The average Bonchev–Trinajstić information content (AvgIpc) is 2.27. The fraction of sp³-hybridized carbons (Fsp3) is 0.500. The summed E-state index contributed by atoms with van der Waals surface area (Å²) in [6.45, 7) is 5.50. The standard InChI is InChI=1S/C12H21N3O3S/c1-7(2)11(6-16)15-10-4-9(13)5-12(8(10)3)19(14,17)18/h4-5,7,11,15-16H,6,13H2,1-3H3,(H2,14,17,18)/t11-/m1/s1. The third kappa shape index (κ3) is 3.82. The van der Waals surface area contributed by atoms with E-state index in [2.05, 4.69) is 5.32 Å². The van der Waals surface area contributed by atoms with Crippen molar-refractivity contribution in [2.24, 2.45) is 11.1 Å². The highest BCUT2D eigenvalue weighted by Crippen LogP contribution is 2.27. The molecule has 0 unspecified atom stereocenters. The molecule has 0 heterocycles. The maximum Gasteiger partial charge on any atom is 0.238 e. The normalized spacial score (nSPS) is 13.6. The minimum Gasteiger partial charge on any atom is -0.399 e. The van der Waals surface area contributed by atoms with Crippen LogP contribution in [0.4, 0.5) is 11.4 Å². The van der Waals surface area contributed by atoms with Crippen LogP contribution in [-0.2, 0) is 10.0 Å². The van der Waals surface area contributed by atoms with Crippen LogP contribution in [0.1, 0.15) is 19.4 Å². The zero-order valence-corrected chi connectivity index (χ0v) is 12.2. The number of nitrogens with one attached hydrogen (secondary N) is 1. The SMILES string of the molecule is Cc1c(N[C@H](CO)C(C)C)cc(N)cc1S(N)(=O)=O. The topological polar surface area (TPSA) is 118 Å². The zero-order valence-electron chi connectivity index (χ0n) is 11.3. The predicted octanol–water partition coefficient (Wildman–Crippen LogP) is 0.653. The minimum absolute atomic E-state index is 0.00422. The molecule has 0 saturated heterocycles. The van der Waals surface area contributed by atoms with Crippen molar-refractivity contribution in [3.8, 4) is 0 Å². The Balaban J connectivity index is 3.26. The van der Waals surface area contributed by atoms with E-state index in [1.54, 1.807) is 13.0 Å². The van der Waals surface area contributed by atoms with Crippen LogP contribution in [0, 0.1) is 12.8 Å². The highest BCUT2D eigenvalue weighted by Gasteiger charge is 2.18. The van der Waals surface area contributed by atoms with Crippen molar-refractivity contribution < 1.29 is 13.5 Å². The molecular formula is C12H21N3O3S. The van der Waals surface area contributed by atoms with Gasteiger partial charge < -0.3 is 16.2 Å². The summed E-state index contributed by atoms with van der Waals surface area (Å²) < 4.78 is 23.0. The highest BCUT2D eigenvalue weighted by atomic mass is 32.2. The molecule has 0 spiro atoms. The molecular weight excluding hydrogens is 266 g/mol. The van der Waals surface area contributed by atoms with Crippen molar-refractivity contribution in [1.29, 1.82) is 0 Å². The number of aliphatic hydroxyl groups excluding tert-OH is 1. The van der Waals surface area contributed by atoms with Gasteiger partial charge in [0.2, 0.25) is 10.0 Å². The molecule has 0 aliphatic heterocycles. The van der Waals surface area contributed by atoms with Gasteiger partial charge >= 0.3 is 0 Å². The Labute approximate surface area is 113 Å². The number of hydrogen-bond donors (Lipinski definition) is 4. The molecule has 0 aromatic heterocycles. The summed E-state index contributed by atoms with van der Waals surface area (Å²) in [5.41, 5.74) is 7.06. The Morgan fingerprint density at radius 3 is 2.37 bits per heavy atom. The Hall–Kier alpha value is -1.31. The first-order valence-electron chi connectivity index (χ1n) is 5.97. The minimum atomic E-state index is -3.82. The monoisotopic (exact) mass is 287 g/mol. The van der Waals surface area contributed by atoms with E-state index in [0.29, 0.717) is 16.9 Å². The molecule has 7 heteroatoms. The van der Waals surface area contributed by atoms with E-state index in [9.17, 15) is 13.5 Å². The molecule has 0 radical (unpaired) electrons. The van der Waals surface area contributed by atoms with Crippen LogP contribution < -0.4 is 16.2 Å². The van der Waals surface area contributed by atoms with Gasteiger partial charge in [-0.15, -0.1) is 0 Å². The quantitative estimate of drug-likeness (QED) is 0.593. The van der Waals surface area contributed by atoms with E-state index in [-0.39, 0.29) is 23.5 Å². The Morgan fingerprint density at radius 2 is 1.95 bits per heavy atom. The van der Waals surface area contributed by atoms with Crippen LogP contribution in [0.3, 0.4) is 0 Å². The number of nitrogens with two attached hydrogens (primary N) is 2. The second kappa shape index (κ2) is 5.77. The Kier molecular flexibility index (Phi) is 4.78. The van der Waals surface area contributed by atoms with Crippen LogP contribution in [-0.4, -0.2) is 26.2 Å². The number of benzene rings is 1. The molecule has 1 aromatic carbocycles. The molecule has 0 bridgehead atoms. The van der Waals surface area contributed by atoms with E-state index in [0.717, 1.165) is 0 Å². The fourth-order valence-corrected chi connectivity index (χ4v) is 2.61. The average molecular weight is 287 g/mol. The van der Waals surface area contributed by atoms with E-state index in [1.165, 1.54) is 6.07 Å². The second-order valence-electron chi connectivity index (χ2n) is 4.91. The van der Waals surface area contributed by atoms with Gasteiger partial charge in [-0.3, -0.25) is 0 Å². The summed E-state index contributed by atoms with van der Waals surface area (Å²) in [6.07, 6.45) is 0. The van der Waals surface area contributed by atoms with E-state index >= 15 is 0 Å². The van der Waals surface area contributed by atoms with Gasteiger partial charge in [0.15, 0.2) is 0 Å². The summed E-state index contributed by atoms with van der Waals surface area (Å²) in [7, 11) is -3.82. The first-order chi connectivity index (χ1) is 8.66. The van der Waals surface area contributed by atoms with E-state index in [1.807, 2.05) is 13.8 Å². The highest BCUT2D eigenvalue weighted by molar-refractivity contribution is 7.89. The Bertz CT molecular complexity index is 556. The number of anilines is 2. The number of rotatable bonds is 5. The summed E-state index contributed by atoms with van der Waals surface area (Å²) in [6, 6.07) is 2.78. The molecule has 19 heavy (non-hydrogen) atoms. The number of sulfonamides is 1. The van der Waals surface area contributed by atoms with Crippen molar-refractivity contribution in [2.75, 3.05) is 17.7 Å². The number of primary sulfonamides is 1. The van der Waals surface area contributed by atoms with Gasteiger partial charge in [-0.2, -0.15) is 0 Å². The van der Waals surface area contributed by atoms with Gasteiger partial charge in [0, 0.05) is 11.4 Å². The van der Waals surface area contributed by atoms with Crippen molar-refractivity contribution in [2.45, 2.75) is 31.7 Å². The predicted molar refractivity (Wildman–Crippen MR) is 76.3 cm³/mol. The number of hydrogen-bond acceptors (Lipinski definition) is 5. The molecule has 6 N–H and O–H groups in total. The van der Waals surface area contributed by atoms with Crippen LogP contribution in [0.15, 0.2) is 17.0 Å². The summed E-state index contributed by atoms with van der Waals surface area (Å²) in [4.78, 5) is -0.00422. The lowest BCUT2D eigenvalue weighted by Crippen LogP contribution is -2.30. The lowest BCUT2D eigenvalue weighted by Gasteiger charge is -2.23. The van der Waals surface area contributed by atoms with Gasteiger partial charge in [-0.1, -0.05) is 13.8 Å². The third-order valence-electron chi connectivity index (χ3n) is 3.03. The third-order valence-corrected chi connectivity index (χ3v) is 4.07. The van der Waals surface area contributed by atoms with Gasteiger partial charge in [0.05, 0.1) is 17.5 Å². The van der Waals surface area contributed by atoms with Crippen molar-refractivity contribution in [1.82, 2.24) is 0 Å². The maximum atomic E-state index is 11.5. The van der Waals surface area contributed by atoms with Gasteiger partial charge in [-0.25, -0.2) is 13.6 Å². The molecule has 0 aliphatic carbocycles. The van der Waals surface area contributed by atoms with Gasteiger partial charge in [0.1, 0.15) is 0 Å². The molecule has 108 valence electrons. The van der Waals surface area contributed by atoms with Crippen molar-refractivity contribution >= 4 is 21.4 Å². The zero-order chi connectivity index (χ0) is 14.8. The second-order valence-corrected chi connectivity index (χ2v) is 6.44. The number of nitrogen functional groups attached to an aromatic ring is 1. The van der Waals surface area contributed by atoms with Gasteiger partial charge in [-0.05, 0) is 30.5 Å². The van der Waals surface area contributed by atoms with Crippen molar-refractivity contribution in [3.05, 3.63) is 17.7 Å². The van der Waals surface area contributed by atoms with Crippen LogP contribution >= 0.6 is 0 Å².